The van der Waals surface area contributed by atoms with Gasteiger partial charge in [-0.25, -0.2) is 9.97 Å². The number of nitriles is 1. The van der Waals surface area contributed by atoms with Crippen molar-refractivity contribution < 1.29 is 4.74 Å². The van der Waals surface area contributed by atoms with Crippen molar-refractivity contribution in [2.45, 2.75) is 13.3 Å². The van der Waals surface area contributed by atoms with Gasteiger partial charge in [0.05, 0.1) is 17.2 Å². The van der Waals surface area contributed by atoms with Crippen molar-refractivity contribution in [2.75, 3.05) is 5.73 Å². The highest BCUT2D eigenvalue weighted by atomic mass is 16.5. The van der Waals surface area contributed by atoms with Gasteiger partial charge in [0, 0.05) is 0 Å². The summed E-state index contributed by atoms with van der Waals surface area (Å²) in [5, 5.41) is 8.82. The van der Waals surface area contributed by atoms with Crippen LogP contribution in [-0.4, -0.2) is 9.97 Å². The van der Waals surface area contributed by atoms with E-state index >= 15 is 0 Å². The molecule has 0 aliphatic carbocycles. The highest BCUT2D eigenvalue weighted by Gasteiger charge is 2.09. The maximum atomic E-state index is 8.82. The van der Waals surface area contributed by atoms with Crippen molar-refractivity contribution in [3.05, 3.63) is 41.7 Å². The van der Waals surface area contributed by atoms with E-state index in [1.807, 2.05) is 6.92 Å². The van der Waals surface area contributed by atoms with Crippen molar-refractivity contribution in [1.29, 1.82) is 5.26 Å². The number of nitrogen functional groups attached to an aromatic ring is 1. The maximum absolute atomic E-state index is 8.82. The van der Waals surface area contributed by atoms with Crippen LogP contribution in [0, 0.1) is 11.3 Å². The summed E-state index contributed by atoms with van der Waals surface area (Å²) in [4.78, 5) is 7.99. The molecule has 90 valence electrons. The number of ether oxygens (including phenoxy) is 1. The quantitative estimate of drug-likeness (QED) is 0.889. The molecule has 5 nitrogen and oxygen atoms in total. The average Bonchev–Trinajstić information content (AvgIpc) is 2.39. The Bertz CT molecular complexity index is 604. The number of rotatable bonds is 3. The SMILES string of the molecule is CCc1c(N)ncnc1Oc1cccc(C#N)c1. The molecule has 2 rings (SSSR count). The predicted molar refractivity (Wildman–Crippen MR) is 67.1 cm³/mol. The summed E-state index contributed by atoms with van der Waals surface area (Å²) in [6, 6.07) is 8.93. The number of nitrogens with zero attached hydrogens (tertiary/aromatic N) is 3. The summed E-state index contributed by atoms with van der Waals surface area (Å²) in [6.45, 7) is 1.95. The highest BCUT2D eigenvalue weighted by molar-refractivity contribution is 5.46. The summed E-state index contributed by atoms with van der Waals surface area (Å²) in [5.41, 5.74) is 7.06. The Labute approximate surface area is 105 Å². The molecule has 0 atom stereocenters. The number of hydrogen-bond acceptors (Lipinski definition) is 5. The largest absolute Gasteiger partial charge is 0.439 e. The Morgan fingerprint density at radius 1 is 1.39 bits per heavy atom. The van der Waals surface area contributed by atoms with Crippen LogP contribution in [0.25, 0.3) is 0 Å². The third-order valence-corrected chi connectivity index (χ3v) is 2.47. The molecule has 0 saturated carbocycles. The van der Waals surface area contributed by atoms with Gasteiger partial charge in [-0.2, -0.15) is 5.26 Å². The van der Waals surface area contributed by atoms with Crippen LogP contribution >= 0.6 is 0 Å². The fourth-order valence-electron chi connectivity index (χ4n) is 1.57. The van der Waals surface area contributed by atoms with Gasteiger partial charge in [0.1, 0.15) is 17.9 Å². The van der Waals surface area contributed by atoms with Crippen LogP contribution in [0.3, 0.4) is 0 Å². The minimum absolute atomic E-state index is 0.416. The molecule has 0 spiro atoms. The zero-order valence-electron chi connectivity index (χ0n) is 9.92. The van der Waals surface area contributed by atoms with Crippen molar-refractivity contribution in [1.82, 2.24) is 9.97 Å². The second-order valence-corrected chi connectivity index (χ2v) is 3.64. The van der Waals surface area contributed by atoms with Crippen molar-refractivity contribution >= 4 is 5.82 Å². The lowest BCUT2D eigenvalue weighted by atomic mass is 10.2. The number of aromatic nitrogens is 2. The molecule has 0 aliphatic heterocycles. The van der Waals surface area contributed by atoms with Crippen molar-refractivity contribution in [3.63, 3.8) is 0 Å². The predicted octanol–water partition coefficient (Wildman–Crippen LogP) is 2.29. The van der Waals surface area contributed by atoms with Crippen LogP contribution in [0.4, 0.5) is 5.82 Å². The first-order valence-corrected chi connectivity index (χ1v) is 5.52. The van der Waals surface area contributed by atoms with E-state index in [0.717, 1.165) is 5.56 Å². The number of anilines is 1. The van der Waals surface area contributed by atoms with Gasteiger partial charge >= 0.3 is 0 Å². The number of hydrogen-bond donors (Lipinski definition) is 1. The van der Waals surface area contributed by atoms with Gasteiger partial charge < -0.3 is 10.5 Å². The third-order valence-electron chi connectivity index (χ3n) is 2.47. The van der Waals surface area contributed by atoms with Crippen LogP contribution in [0.1, 0.15) is 18.1 Å². The standard InChI is InChI=1S/C13H12N4O/c1-2-11-12(15)16-8-17-13(11)18-10-5-3-4-9(6-10)7-14/h3-6,8H,2H2,1H3,(H2,15,16,17). The van der Waals surface area contributed by atoms with E-state index < -0.39 is 0 Å². The van der Waals surface area contributed by atoms with Crippen molar-refractivity contribution in [2.24, 2.45) is 0 Å². The molecule has 2 N–H and O–H groups in total. The second-order valence-electron chi connectivity index (χ2n) is 3.64. The molecule has 2 aromatic rings. The van der Waals surface area contributed by atoms with E-state index in [9.17, 15) is 0 Å². The summed E-state index contributed by atoms with van der Waals surface area (Å²) >= 11 is 0. The molecule has 5 heteroatoms. The van der Waals surface area contributed by atoms with Crippen molar-refractivity contribution in [3.8, 4) is 17.7 Å². The Morgan fingerprint density at radius 3 is 2.94 bits per heavy atom. The Kier molecular flexibility index (Phi) is 3.39. The molecule has 18 heavy (non-hydrogen) atoms. The van der Waals surface area contributed by atoms with Crippen LogP contribution in [0.2, 0.25) is 0 Å². The van der Waals surface area contributed by atoms with Gasteiger partial charge in [0.25, 0.3) is 0 Å². The Hall–Kier alpha value is -2.61. The van der Waals surface area contributed by atoms with E-state index in [1.54, 1.807) is 24.3 Å². The number of benzene rings is 1. The lowest BCUT2D eigenvalue weighted by molar-refractivity contribution is 0.455. The van der Waals surface area contributed by atoms with Crippen LogP contribution in [0.5, 0.6) is 11.6 Å². The van der Waals surface area contributed by atoms with Crippen LogP contribution < -0.4 is 10.5 Å². The second kappa shape index (κ2) is 5.15. The summed E-state index contributed by atoms with van der Waals surface area (Å²) in [6.07, 6.45) is 2.04. The minimum Gasteiger partial charge on any atom is -0.439 e. The Balaban J connectivity index is 2.34. The molecule has 0 aliphatic rings. The summed E-state index contributed by atoms with van der Waals surface area (Å²) in [5.74, 6) is 1.40. The average molecular weight is 240 g/mol. The number of nitrogens with two attached hydrogens (primary N) is 1. The zero-order valence-corrected chi connectivity index (χ0v) is 9.92. The first kappa shape index (κ1) is 11.9. The molecule has 0 amide bonds. The van der Waals surface area contributed by atoms with E-state index in [2.05, 4.69) is 16.0 Å². The zero-order chi connectivity index (χ0) is 13.0. The van der Waals surface area contributed by atoms with Crippen LogP contribution in [-0.2, 0) is 6.42 Å². The van der Waals surface area contributed by atoms with Gasteiger partial charge in [0.15, 0.2) is 0 Å². The van der Waals surface area contributed by atoms with Crippen LogP contribution in [0.15, 0.2) is 30.6 Å². The van der Waals surface area contributed by atoms with Gasteiger partial charge in [-0.3, -0.25) is 0 Å². The minimum atomic E-state index is 0.416. The summed E-state index contributed by atoms with van der Waals surface area (Å²) in [7, 11) is 0. The van der Waals surface area contributed by atoms with E-state index in [1.165, 1.54) is 6.33 Å². The molecule has 0 radical (unpaired) electrons. The molecule has 0 bridgehead atoms. The van der Waals surface area contributed by atoms with E-state index in [0.29, 0.717) is 29.4 Å². The molecule has 0 saturated heterocycles. The molecular formula is C13H12N4O. The lowest BCUT2D eigenvalue weighted by Gasteiger charge is -2.09. The third kappa shape index (κ3) is 2.38. The smallest absolute Gasteiger partial charge is 0.227 e. The molecule has 1 aromatic carbocycles. The molecule has 0 unspecified atom stereocenters. The molecule has 1 aromatic heterocycles. The van der Waals surface area contributed by atoms with Gasteiger partial charge in [-0.1, -0.05) is 13.0 Å². The Morgan fingerprint density at radius 2 is 2.22 bits per heavy atom. The normalized spacial score (nSPS) is 9.78. The topological polar surface area (TPSA) is 84.8 Å². The van der Waals surface area contributed by atoms with Gasteiger partial charge in [-0.15, -0.1) is 0 Å². The maximum Gasteiger partial charge on any atom is 0.227 e. The first-order valence-electron chi connectivity index (χ1n) is 5.52. The van der Waals surface area contributed by atoms with Gasteiger partial charge in [-0.05, 0) is 24.6 Å². The molecule has 1 heterocycles. The fraction of sp³-hybridized carbons (Fsp3) is 0.154. The highest BCUT2D eigenvalue weighted by Crippen LogP contribution is 2.26. The van der Waals surface area contributed by atoms with Gasteiger partial charge in [0.2, 0.25) is 5.88 Å². The fourth-order valence-corrected chi connectivity index (χ4v) is 1.57. The monoisotopic (exact) mass is 240 g/mol. The molecular weight excluding hydrogens is 228 g/mol. The van der Waals surface area contributed by atoms with E-state index in [-0.39, 0.29) is 0 Å². The van der Waals surface area contributed by atoms with E-state index in [4.69, 9.17) is 15.7 Å². The molecule has 0 fully saturated rings. The first-order chi connectivity index (χ1) is 8.74. The summed E-state index contributed by atoms with van der Waals surface area (Å²) < 4.78 is 5.64. The lowest BCUT2D eigenvalue weighted by Crippen LogP contribution is -2.01.